The number of benzene rings is 1. The van der Waals surface area contributed by atoms with Gasteiger partial charge in [0.1, 0.15) is 54.5 Å². The Bertz CT molecular complexity index is 838. The van der Waals surface area contributed by atoms with Gasteiger partial charge in [0, 0.05) is 5.69 Å². The maximum absolute atomic E-state index is 11.5. The Morgan fingerprint density at radius 2 is 1.70 bits per heavy atom. The zero-order valence-electron chi connectivity index (χ0n) is 17.2. The second kappa shape index (κ2) is 10.0. The van der Waals surface area contributed by atoms with E-state index in [4.69, 9.17) is 24.7 Å². The molecule has 9 atom stereocenters. The molecule has 2 aliphatic heterocycles. The Kier molecular flexibility index (Phi) is 7.75. The number of hydrogen-bond acceptors (Lipinski definition) is 13. The molecule has 2 heterocycles. The molecule has 2 aliphatic rings. The minimum absolute atomic E-state index is 0.114. The average molecular weight is 477 g/mol. The maximum Gasteiger partial charge on any atom is 0.339 e. The monoisotopic (exact) mass is 477 g/mol. The van der Waals surface area contributed by atoms with Crippen LogP contribution in [0, 0.1) is 0 Å². The molecule has 2 fully saturated rings. The van der Waals surface area contributed by atoms with Gasteiger partial charge in [-0.3, -0.25) is 0 Å². The first-order valence-electron chi connectivity index (χ1n) is 9.94. The zero-order valence-corrected chi connectivity index (χ0v) is 17.2. The molecule has 2 saturated heterocycles. The molecule has 3 rings (SSSR count). The summed E-state index contributed by atoms with van der Waals surface area (Å²) >= 11 is 0. The Morgan fingerprint density at radius 1 is 1.03 bits per heavy atom. The molecule has 186 valence electrons. The van der Waals surface area contributed by atoms with Gasteiger partial charge in [0.15, 0.2) is 12.4 Å². The van der Waals surface area contributed by atoms with Crippen molar-refractivity contribution in [3.63, 3.8) is 0 Å². The van der Waals surface area contributed by atoms with E-state index in [1.165, 1.54) is 12.1 Å². The van der Waals surface area contributed by atoms with Crippen molar-refractivity contribution in [2.45, 2.75) is 54.8 Å². The maximum atomic E-state index is 11.5. The van der Waals surface area contributed by atoms with Crippen LogP contribution in [-0.4, -0.2) is 121 Å². The molecule has 0 spiro atoms. The highest BCUT2D eigenvalue weighted by molar-refractivity contribution is 5.92. The Hall–Kier alpha value is -2.11. The SMILES string of the molecule is Nc1ccc(O[C@]2(CO)O[C@H](CO)C(O[C@@H]3OC(CO)[C@H](O)[C@@H](O)C3O)[C@H]2O)c(C(=O)O)c1. The number of nitrogens with two attached hydrogens (primary N) is 1. The normalized spacial score (nSPS) is 38.9. The first-order chi connectivity index (χ1) is 15.6. The standard InChI is InChI=1S/C19H27NO13/c20-7-1-2-9(8(3-7)17(28)29)32-19(6-23)16(27)15(11(5-22)33-19)31-18-14(26)13(25)12(24)10(4-21)30-18/h1-3,10-16,18,21-27H,4-6,20H2,(H,28,29)/t10?,11-,12+,13-,14?,15?,16-,18+,19-/m1/s1. The summed E-state index contributed by atoms with van der Waals surface area (Å²) in [6.45, 7) is -2.50. The van der Waals surface area contributed by atoms with Gasteiger partial charge in [0.25, 0.3) is 5.79 Å². The summed E-state index contributed by atoms with van der Waals surface area (Å²) in [4.78, 5) is 11.5. The Morgan fingerprint density at radius 3 is 2.27 bits per heavy atom. The molecule has 1 aromatic rings. The summed E-state index contributed by atoms with van der Waals surface area (Å²) in [5, 5.41) is 79.3. The average Bonchev–Trinajstić information content (AvgIpc) is 3.06. The van der Waals surface area contributed by atoms with Crippen molar-refractivity contribution < 1.29 is 64.6 Å². The van der Waals surface area contributed by atoms with Gasteiger partial charge in [-0.1, -0.05) is 0 Å². The molecule has 3 unspecified atom stereocenters. The van der Waals surface area contributed by atoms with Gasteiger partial charge in [0.2, 0.25) is 0 Å². The van der Waals surface area contributed by atoms with Crippen LogP contribution in [0.4, 0.5) is 5.69 Å². The Labute approximate surface area is 186 Å². The van der Waals surface area contributed by atoms with Crippen LogP contribution in [-0.2, 0) is 14.2 Å². The van der Waals surface area contributed by atoms with E-state index >= 15 is 0 Å². The minimum atomic E-state index is -2.30. The summed E-state index contributed by atoms with van der Waals surface area (Å²) in [5.41, 5.74) is 5.32. The van der Waals surface area contributed by atoms with Crippen molar-refractivity contribution in [2.75, 3.05) is 25.6 Å². The summed E-state index contributed by atoms with van der Waals surface area (Å²) in [6.07, 6.45) is -13.0. The molecule has 0 amide bonds. The third-order valence-corrected chi connectivity index (χ3v) is 5.54. The summed E-state index contributed by atoms with van der Waals surface area (Å²) < 4.78 is 21.8. The molecule has 1 aromatic carbocycles. The lowest BCUT2D eigenvalue weighted by Crippen LogP contribution is -2.61. The quantitative estimate of drug-likeness (QED) is 0.162. The third kappa shape index (κ3) is 4.76. The van der Waals surface area contributed by atoms with Gasteiger partial charge in [-0.05, 0) is 18.2 Å². The number of aromatic carboxylic acids is 1. The molecule has 0 saturated carbocycles. The highest BCUT2D eigenvalue weighted by atomic mass is 16.8. The van der Waals surface area contributed by atoms with Crippen molar-refractivity contribution >= 4 is 11.7 Å². The fourth-order valence-corrected chi connectivity index (χ4v) is 3.72. The van der Waals surface area contributed by atoms with E-state index in [1.807, 2.05) is 0 Å². The summed E-state index contributed by atoms with van der Waals surface area (Å²) in [5.74, 6) is -4.02. The van der Waals surface area contributed by atoms with Crippen molar-refractivity contribution in [3.05, 3.63) is 23.8 Å². The number of carboxylic acid groups (broad SMARTS) is 1. The molecule has 0 bridgehead atoms. The minimum Gasteiger partial charge on any atom is -0.478 e. The fraction of sp³-hybridized carbons (Fsp3) is 0.632. The molecule has 33 heavy (non-hydrogen) atoms. The lowest BCUT2D eigenvalue weighted by atomic mass is 9.99. The van der Waals surface area contributed by atoms with E-state index in [0.29, 0.717) is 0 Å². The topological polar surface area (TPSA) is 242 Å². The fourth-order valence-electron chi connectivity index (χ4n) is 3.72. The van der Waals surface area contributed by atoms with Crippen LogP contribution in [0.2, 0.25) is 0 Å². The van der Waals surface area contributed by atoms with Crippen LogP contribution < -0.4 is 10.5 Å². The van der Waals surface area contributed by atoms with E-state index in [2.05, 4.69) is 0 Å². The van der Waals surface area contributed by atoms with Crippen molar-refractivity contribution in [2.24, 2.45) is 0 Å². The van der Waals surface area contributed by atoms with Gasteiger partial charge in [-0.2, -0.15) is 0 Å². The third-order valence-electron chi connectivity index (χ3n) is 5.54. The van der Waals surface area contributed by atoms with Crippen molar-refractivity contribution in [1.82, 2.24) is 0 Å². The number of anilines is 1. The molecule has 0 aliphatic carbocycles. The molecule has 0 aromatic heterocycles. The smallest absolute Gasteiger partial charge is 0.339 e. The number of carbonyl (C=O) groups is 1. The number of carboxylic acids is 1. The lowest BCUT2D eigenvalue weighted by molar-refractivity contribution is -0.318. The largest absolute Gasteiger partial charge is 0.478 e. The van der Waals surface area contributed by atoms with Crippen molar-refractivity contribution in [1.29, 1.82) is 0 Å². The van der Waals surface area contributed by atoms with E-state index in [9.17, 15) is 45.6 Å². The predicted octanol–water partition coefficient (Wildman–Crippen LogP) is -4.03. The van der Waals surface area contributed by atoms with Gasteiger partial charge < -0.3 is 65.5 Å². The molecule has 0 radical (unpaired) electrons. The number of nitrogen functional groups attached to an aromatic ring is 1. The van der Waals surface area contributed by atoms with Gasteiger partial charge >= 0.3 is 5.97 Å². The van der Waals surface area contributed by atoms with Gasteiger partial charge in [-0.15, -0.1) is 0 Å². The van der Waals surface area contributed by atoms with E-state index in [-0.39, 0.29) is 11.4 Å². The number of hydrogen-bond donors (Lipinski definition) is 9. The first-order valence-corrected chi connectivity index (χ1v) is 9.94. The zero-order chi connectivity index (χ0) is 24.5. The van der Waals surface area contributed by atoms with Gasteiger partial charge in [0.05, 0.1) is 13.2 Å². The number of rotatable bonds is 8. The molecular formula is C19H27NO13. The highest BCUT2D eigenvalue weighted by Gasteiger charge is 2.59. The predicted molar refractivity (Wildman–Crippen MR) is 105 cm³/mol. The number of ether oxygens (including phenoxy) is 4. The highest BCUT2D eigenvalue weighted by Crippen LogP contribution is 2.38. The molecule has 10 N–H and O–H groups in total. The molecule has 14 nitrogen and oxygen atoms in total. The van der Waals surface area contributed by atoms with Crippen LogP contribution in [0.25, 0.3) is 0 Å². The van der Waals surface area contributed by atoms with E-state index in [0.717, 1.165) is 6.07 Å². The first kappa shape index (κ1) is 25.5. The molecular weight excluding hydrogens is 450 g/mol. The van der Waals surface area contributed by atoms with Crippen molar-refractivity contribution in [3.8, 4) is 5.75 Å². The summed E-state index contributed by atoms with van der Waals surface area (Å²) in [6, 6.07) is 3.60. The van der Waals surface area contributed by atoms with E-state index in [1.54, 1.807) is 0 Å². The van der Waals surface area contributed by atoms with E-state index < -0.39 is 86.2 Å². The van der Waals surface area contributed by atoms with Crippen LogP contribution in [0.15, 0.2) is 18.2 Å². The Balaban J connectivity index is 1.87. The second-order valence-electron chi connectivity index (χ2n) is 7.71. The second-order valence-corrected chi connectivity index (χ2v) is 7.71. The van der Waals surface area contributed by atoms with Crippen LogP contribution in [0.1, 0.15) is 10.4 Å². The molecule has 14 heteroatoms. The van der Waals surface area contributed by atoms with Crippen LogP contribution >= 0.6 is 0 Å². The van der Waals surface area contributed by atoms with Crippen LogP contribution in [0.5, 0.6) is 5.75 Å². The lowest BCUT2D eigenvalue weighted by Gasteiger charge is -2.41. The summed E-state index contributed by atoms with van der Waals surface area (Å²) in [7, 11) is 0. The van der Waals surface area contributed by atoms with Gasteiger partial charge in [-0.25, -0.2) is 4.79 Å². The van der Waals surface area contributed by atoms with Crippen LogP contribution in [0.3, 0.4) is 0 Å². The number of aliphatic hydroxyl groups is 7. The number of aliphatic hydroxyl groups excluding tert-OH is 7.